The van der Waals surface area contributed by atoms with Crippen molar-refractivity contribution in [2.75, 3.05) is 6.61 Å². The van der Waals surface area contributed by atoms with E-state index in [9.17, 15) is 24.5 Å². The summed E-state index contributed by atoms with van der Waals surface area (Å²) in [7, 11) is 0. The molecule has 1 heterocycles. The summed E-state index contributed by atoms with van der Waals surface area (Å²) < 4.78 is 40.8. The van der Waals surface area contributed by atoms with Crippen molar-refractivity contribution >= 4 is 17.7 Å². The van der Waals surface area contributed by atoms with Gasteiger partial charge in [0.1, 0.15) is 17.3 Å². The zero-order chi connectivity index (χ0) is 29.0. The monoisotopic (exact) mass is 551 g/mol. The Morgan fingerprint density at radius 3 is 2.62 bits per heavy atom. The molecule has 212 valence electrons. The number of ether oxygens (including phenoxy) is 2. The first-order valence-corrected chi connectivity index (χ1v) is 12.6. The smallest absolute Gasteiger partial charge is 0.401 e. The predicted molar refractivity (Wildman–Crippen MR) is 133 cm³/mol. The van der Waals surface area contributed by atoms with Gasteiger partial charge >= 0.3 is 18.0 Å². The van der Waals surface area contributed by atoms with Gasteiger partial charge in [-0.15, -0.1) is 10.1 Å². The van der Waals surface area contributed by atoms with Crippen molar-refractivity contribution in [3.05, 3.63) is 57.2 Å². The lowest BCUT2D eigenvalue weighted by atomic mass is 9.71. The number of esters is 1. The van der Waals surface area contributed by atoms with Gasteiger partial charge in [0.05, 0.1) is 12.5 Å². The van der Waals surface area contributed by atoms with Crippen molar-refractivity contribution in [1.82, 2.24) is 0 Å². The summed E-state index contributed by atoms with van der Waals surface area (Å²) in [5, 5.41) is 18.2. The highest BCUT2D eigenvalue weighted by Gasteiger charge is 2.53. The van der Waals surface area contributed by atoms with Crippen LogP contribution in [0.4, 0.5) is 8.78 Å². The van der Waals surface area contributed by atoms with Gasteiger partial charge < -0.3 is 19.4 Å². The number of allylic oxidation sites excluding steroid dienone is 2. The third kappa shape index (κ3) is 7.18. The van der Waals surface area contributed by atoms with E-state index >= 15 is 8.78 Å². The van der Waals surface area contributed by atoms with E-state index in [4.69, 9.17) is 14.6 Å². The number of fused-ring (bicyclic) bond motifs is 3. The number of unbranched alkanes of at least 4 members (excludes halogenated alkanes) is 2. The van der Waals surface area contributed by atoms with Gasteiger partial charge in [-0.3, -0.25) is 4.79 Å². The number of nitrogens with zero attached hydrogens (tertiary/aromatic N) is 1. The predicted octanol–water partition coefficient (Wildman–Crippen LogP) is 5.27. The number of benzene rings is 1. The molecule has 1 aliphatic carbocycles. The molecule has 1 aromatic rings. The van der Waals surface area contributed by atoms with E-state index in [0.29, 0.717) is 31.4 Å². The van der Waals surface area contributed by atoms with Gasteiger partial charge in [0.15, 0.2) is 0 Å². The largest absolute Gasteiger partial charge is 0.478 e. The molecule has 12 heteroatoms. The Morgan fingerprint density at radius 1 is 1.23 bits per heavy atom. The molecule has 0 fully saturated rings. The number of carboxylic acid groups (broad SMARTS) is 1. The fourth-order valence-electron chi connectivity index (χ4n) is 4.92. The highest BCUT2D eigenvalue weighted by atomic mass is 19.3. The van der Waals surface area contributed by atoms with Crippen LogP contribution in [-0.4, -0.2) is 40.6 Å². The van der Waals surface area contributed by atoms with E-state index in [1.54, 1.807) is 19.9 Å². The lowest BCUT2D eigenvalue weighted by Gasteiger charge is -2.42. The zero-order valence-corrected chi connectivity index (χ0v) is 21.9. The molecule has 0 spiro atoms. The van der Waals surface area contributed by atoms with Gasteiger partial charge in [-0.1, -0.05) is 18.1 Å². The fourth-order valence-corrected chi connectivity index (χ4v) is 4.92. The van der Waals surface area contributed by atoms with Crippen LogP contribution in [0.25, 0.3) is 0 Å². The Kier molecular flexibility index (Phi) is 9.08. The molecule has 0 aromatic heterocycles. The molecule has 0 amide bonds. The summed E-state index contributed by atoms with van der Waals surface area (Å²) in [6, 6.07) is 2.83. The summed E-state index contributed by atoms with van der Waals surface area (Å²) >= 11 is 0. The standard InChI is InChI=1S/C27H31F2NO9/c1-16-8-9-19-18(13-16)25-20(38-24(34)11-10-23(32)33)14-17(15-21(25)39-27(19,28)29)26(2,3)22(31)7-5-4-6-12-37-30(35)36/h8,10-11,14-15,18-19H,4-7,9,12-13H2,1-3H3,(H,32,33)/t18-,19-/m1/s1. The van der Waals surface area contributed by atoms with E-state index in [0.717, 1.165) is 5.57 Å². The average Bonchev–Trinajstić information content (AvgIpc) is 2.83. The molecular weight excluding hydrogens is 520 g/mol. The van der Waals surface area contributed by atoms with E-state index in [1.807, 2.05) is 6.92 Å². The number of alkyl halides is 2. The summed E-state index contributed by atoms with van der Waals surface area (Å²) in [5.41, 5.74) is 0.257. The van der Waals surface area contributed by atoms with Crippen LogP contribution in [0.1, 0.15) is 76.3 Å². The second kappa shape index (κ2) is 11.9. The first kappa shape index (κ1) is 29.7. The minimum Gasteiger partial charge on any atom is -0.478 e. The average molecular weight is 552 g/mol. The van der Waals surface area contributed by atoms with Gasteiger partial charge in [0.25, 0.3) is 5.09 Å². The van der Waals surface area contributed by atoms with Crippen LogP contribution in [0.15, 0.2) is 35.9 Å². The second-order valence-corrected chi connectivity index (χ2v) is 10.3. The minimum atomic E-state index is -3.50. The Morgan fingerprint density at radius 2 is 1.95 bits per heavy atom. The Labute approximate surface area is 223 Å². The first-order chi connectivity index (χ1) is 18.2. The zero-order valence-electron chi connectivity index (χ0n) is 21.9. The Bertz CT molecular complexity index is 1210. The molecule has 0 saturated carbocycles. The van der Waals surface area contributed by atoms with E-state index in [1.165, 1.54) is 12.1 Å². The van der Waals surface area contributed by atoms with Crippen molar-refractivity contribution in [3.63, 3.8) is 0 Å². The SMILES string of the molecule is CC1=CC[C@@H]2[C@@H](C1)c1c(OC(=O)C=CC(=O)O)cc(C(C)(C)C(=O)CCCCCO[N+](=O)[O-])cc1OC2(F)F. The van der Waals surface area contributed by atoms with Crippen molar-refractivity contribution in [2.24, 2.45) is 5.92 Å². The molecule has 2 aliphatic rings. The van der Waals surface area contributed by atoms with Crippen LogP contribution in [0, 0.1) is 16.0 Å². The van der Waals surface area contributed by atoms with E-state index in [2.05, 4.69) is 4.84 Å². The third-order valence-electron chi connectivity index (χ3n) is 7.14. The van der Waals surface area contributed by atoms with Crippen LogP contribution in [0.2, 0.25) is 0 Å². The van der Waals surface area contributed by atoms with Gasteiger partial charge in [0, 0.05) is 35.5 Å². The number of carbonyl (C=O) groups is 3. The van der Waals surface area contributed by atoms with Gasteiger partial charge in [-0.2, -0.15) is 8.78 Å². The summed E-state index contributed by atoms with van der Waals surface area (Å²) in [5.74, 6) is -4.80. The maximum Gasteiger partial charge on any atom is 0.401 e. The molecule has 1 aliphatic heterocycles. The first-order valence-electron chi connectivity index (χ1n) is 12.6. The Balaban J connectivity index is 1.94. The maximum atomic E-state index is 15.1. The van der Waals surface area contributed by atoms with Crippen molar-refractivity contribution in [3.8, 4) is 11.5 Å². The van der Waals surface area contributed by atoms with Crippen LogP contribution in [-0.2, 0) is 24.6 Å². The molecule has 0 radical (unpaired) electrons. The molecule has 10 nitrogen and oxygen atoms in total. The Hall–Kier alpha value is -3.83. The maximum absolute atomic E-state index is 15.1. The number of carbonyl (C=O) groups excluding carboxylic acids is 2. The number of halogens is 2. The van der Waals surface area contributed by atoms with Crippen LogP contribution in [0.5, 0.6) is 11.5 Å². The fraction of sp³-hybridized carbons (Fsp3) is 0.519. The summed E-state index contributed by atoms with van der Waals surface area (Å²) in [6.45, 7) is 4.97. The van der Waals surface area contributed by atoms with Gasteiger partial charge in [-0.05, 0) is 64.2 Å². The van der Waals surface area contributed by atoms with Crippen LogP contribution in [0.3, 0.4) is 0 Å². The second-order valence-electron chi connectivity index (χ2n) is 10.3. The molecule has 0 bridgehead atoms. The molecule has 3 rings (SSSR count). The molecular formula is C27H31F2NO9. The summed E-state index contributed by atoms with van der Waals surface area (Å²) in [4.78, 5) is 50.9. The van der Waals surface area contributed by atoms with Crippen molar-refractivity contribution in [2.45, 2.75) is 76.7 Å². The highest BCUT2D eigenvalue weighted by molar-refractivity contribution is 5.92. The number of rotatable bonds is 12. The molecule has 1 N–H and O–H groups in total. The van der Waals surface area contributed by atoms with Crippen molar-refractivity contribution in [1.29, 1.82) is 0 Å². The molecule has 1 aromatic carbocycles. The van der Waals surface area contributed by atoms with Crippen LogP contribution >= 0.6 is 0 Å². The van der Waals surface area contributed by atoms with Crippen LogP contribution < -0.4 is 9.47 Å². The highest BCUT2D eigenvalue weighted by Crippen LogP contribution is 2.56. The molecule has 2 atom stereocenters. The van der Waals surface area contributed by atoms with Gasteiger partial charge in [-0.25, -0.2) is 9.59 Å². The number of aliphatic carboxylic acids is 1. The number of ketones is 1. The number of hydrogen-bond donors (Lipinski definition) is 1. The number of carboxylic acids is 1. The van der Waals surface area contributed by atoms with E-state index < -0.39 is 40.4 Å². The minimum absolute atomic E-state index is 0.0632. The summed E-state index contributed by atoms with van der Waals surface area (Å²) in [6.07, 6.45) is 1.32. The number of hydrogen-bond acceptors (Lipinski definition) is 8. The molecule has 0 unspecified atom stereocenters. The molecule has 0 saturated heterocycles. The lowest BCUT2D eigenvalue weighted by Crippen LogP contribution is -2.43. The quantitative estimate of drug-likeness (QED) is 0.0699. The van der Waals surface area contributed by atoms with E-state index in [-0.39, 0.29) is 54.3 Å². The topological polar surface area (TPSA) is 142 Å². The molecule has 39 heavy (non-hydrogen) atoms. The lowest BCUT2D eigenvalue weighted by molar-refractivity contribution is -0.757. The normalized spacial score (nSPS) is 19.8. The third-order valence-corrected chi connectivity index (χ3v) is 7.14. The number of Topliss-reactive ketones (excluding diaryl/α,β-unsaturated/α-hetero) is 1. The van der Waals surface area contributed by atoms with Gasteiger partial charge in [0.2, 0.25) is 0 Å². The van der Waals surface area contributed by atoms with Crippen molar-refractivity contribution < 1.29 is 47.7 Å².